The Morgan fingerprint density at radius 2 is 1.94 bits per heavy atom. The molecule has 0 aliphatic heterocycles. The first-order valence-electron chi connectivity index (χ1n) is 6.08. The second kappa shape index (κ2) is 3.45. The van der Waals surface area contributed by atoms with Gasteiger partial charge in [0.05, 0.1) is 12.5 Å². The predicted molar refractivity (Wildman–Crippen MR) is 63.9 cm³/mol. The first kappa shape index (κ1) is 11.0. The van der Waals surface area contributed by atoms with Crippen molar-refractivity contribution >= 4 is 21.8 Å². The third-order valence-electron chi connectivity index (χ3n) is 4.67. The number of carbonyl (C=O) groups excluding carboxylic acids is 1. The van der Waals surface area contributed by atoms with Crippen molar-refractivity contribution < 1.29 is 9.63 Å². The van der Waals surface area contributed by atoms with Gasteiger partial charge in [-0.25, -0.2) is 5.48 Å². The van der Waals surface area contributed by atoms with E-state index in [0.29, 0.717) is 0 Å². The smallest absolute Gasteiger partial charge is 0.249 e. The summed E-state index contributed by atoms with van der Waals surface area (Å²) >= 11 is 3.89. The SMILES string of the molecule is CONC(=O)C12CC3CC(CC(Br)(C3)C1)C2. The van der Waals surface area contributed by atoms with Crippen LogP contribution in [-0.2, 0) is 9.63 Å². The van der Waals surface area contributed by atoms with Gasteiger partial charge >= 0.3 is 0 Å². The van der Waals surface area contributed by atoms with E-state index in [-0.39, 0.29) is 15.6 Å². The lowest BCUT2D eigenvalue weighted by molar-refractivity contribution is -0.154. The van der Waals surface area contributed by atoms with Crippen molar-refractivity contribution in [2.45, 2.75) is 42.8 Å². The topological polar surface area (TPSA) is 38.3 Å². The van der Waals surface area contributed by atoms with Crippen LogP contribution in [0.15, 0.2) is 0 Å². The van der Waals surface area contributed by atoms with Crippen molar-refractivity contribution in [1.82, 2.24) is 5.48 Å². The molecule has 1 N–H and O–H groups in total. The summed E-state index contributed by atoms with van der Waals surface area (Å²) in [7, 11) is 1.52. The number of hydrogen-bond acceptors (Lipinski definition) is 2. The highest BCUT2D eigenvalue weighted by molar-refractivity contribution is 9.10. The number of carbonyl (C=O) groups is 1. The number of halogens is 1. The molecule has 0 spiro atoms. The summed E-state index contributed by atoms with van der Waals surface area (Å²) in [5, 5.41) is 0. The van der Waals surface area contributed by atoms with Crippen LogP contribution in [0, 0.1) is 17.3 Å². The minimum absolute atomic E-state index is 0.105. The molecule has 90 valence electrons. The van der Waals surface area contributed by atoms with Crippen LogP contribution in [0.1, 0.15) is 38.5 Å². The Bertz CT molecular complexity index is 317. The molecule has 4 rings (SSSR count). The first-order valence-corrected chi connectivity index (χ1v) is 6.87. The summed E-state index contributed by atoms with van der Waals surface area (Å²) in [6.45, 7) is 0. The highest BCUT2D eigenvalue weighted by Crippen LogP contribution is 2.64. The van der Waals surface area contributed by atoms with E-state index in [0.717, 1.165) is 31.1 Å². The zero-order valence-electron chi connectivity index (χ0n) is 9.59. The van der Waals surface area contributed by atoms with Crippen LogP contribution in [0.5, 0.6) is 0 Å². The molecular formula is C12H18BrNO2. The van der Waals surface area contributed by atoms with Crippen LogP contribution >= 0.6 is 15.9 Å². The molecular weight excluding hydrogens is 270 g/mol. The molecule has 16 heavy (non-hydrogen) atoms. The number of rotatable bonds is 2. The molecule has 2 atom stereocenters. The number of hydroxylamine groups is 1. The van der Waals surface area contributed by atoms with Gasteiger partial charge in [-0.2, -0.15) is 0 Å². The summed E-state index contributed by atoms with van der Waals surface area (Å²) in [5.41, 5.74) is 2.41. The van der Waals surface area contributed by atoms with E-state index in [9.17, 15) is 4.79 Å². The Balaban J connectivity index is 1.89. The van der Waals surface area contributed by atoms with E-state index in [1.54, 1.807) is 0 Å². The molecule has 4 fully saturated rings. The lowest BCUT2D eigenvalue weighted by Gasteiger charge is -2.59. The molecule has 1 amide bonds. The Labute approximate surface area is 104 Å². The quantitative estimate of drug-likeness (QED) is 0.626. The van der Waals surface area contributed by atoms with Crippen LogP contribution < -0.4 is 5.48 Å². The fraction of sp³-hybridized carbons (Fsp3) is 0.917. The molecule has 4 aliphatic carbocycles. The summed E-state index contributed by atoms with van der Waals surface area (Å²) in [5.74, 6) is 1.58. The Morgan fingerprint density at radius 3 is 2.44 bits per heavy atom. The van der Waals surface area contributed by atoms with Crippen LogP contribution in [-0.4, -0.2) is 17.3 Å². The number of nitrogens with one attached hydrogen (secondary N) is 1. The van der Waals surface area contributed by atoms with E-state index in [1.807, 2.05) is 0 Å². The average Bonchev–Trinajstić information content (AvgIpc) is 2.13. The van der Waals surface area contributed by atoms with Gasteiger partial charge in [-0.1, -0.05) is 15.9 Å². The van der Waals surface area contributed by atoms with Gasteiger partial charge in [-0.3, -0.25) is 9.63 Å². The molecule has 0 aromatic carbocycles. The Kier molecular flexibility index (Phi) is 2.38. The molecule has 2 unspecified atom stereocenters. The van der Waals surface area contributed by atoms with Crippen molar-refractivity contribution in [3.05, 3.63) is 0 Å². The summed E-state index contributed by atoms with van der Waals surface area (Å²) in [6.07, 6.45) is 6.95. The van der Waals surface area contributed by atoms with Crippen molar-refractivity contribution in [3.63, 3.8) is 0 Å². The van der Waals surface area contributed by atoms with Gasteiger partial charge < -0.3 is 0 Å². The maximum atomic E-state index is 12.2. The molecule has 4 bridgehead atoms. The predicted octanol–water partition coefficient (Wildman–Crippen LogP) is 2.40. The molecule has 0 aromatic rings. The third kappa shape index (κ3) is 1.53. The second-order valence-electron chi connectivity index (χ2n) is 6.03. The van der Waals surface area contributed by atoms with Crippen LogP contribution in [0.2, 0.25) is 0 Å². The molecule has 0 aromatic heterocycles. The number of hydrogen-bond donors (Lipinski definition) is 1. The largest absolute Gasteiger partial charge is 0.277 e. The molecule has 0 radical (unpaired) electrons. The van der Waals surface area contributed by atoms with E-state index in [1.165, 1.54) is 26.4 Å². The molecule has 4 aliphatic rings. The molecule has 0 heterocycles. The van der Waals surface area contributed by atoms with Crippen molar-refractivity contribution in [3.8, 4) is 0 Å². The monoisotopic (exact) mass is 287 g/mol. The van der Waals surface area contributed by atoms with E-state index in [2.05, 4.69) is 21.4 Å². The van der Waals surface area contributed by atoms with E-state index < -0.39 is 0 Å². The first-order chi connectivity index (χ1) is 7.55. The minimum Gasteiger partial charge on any atom is -0.277 e. The fourth-order valence-electron chi connectivity index (χ4n) is 4.62. The van der Waals surface area contributed by atoms with Crippen molar-refractivity contribution in [2.24, 2.45) is 17.3 Å². The van der Waals surface area contributed by atoms with Crippen molar-refractivity contribution in [1.29, 1.82) is 0 Å². The van der Waals surface area contributed by atoms with Gasteiger partial charge in [0.2, 0.25) is 5.91 Å². The summed E-state index contributed by atoms with van der Waals surface area (Å²) in [6, 6.07) is 0. The summed E-state index contributed by atoms with van der Waals surface area (Å²) in [4.78, 5) is 17.0. The lowest BCUT2D eigenvalue weighted by Crippen LogP contribution is -2.58. The van der Waals surface area contributed by atoms with E-state index in [4.69, 9.17) is 4.84 Å². The maximum absolute atomic E-state index is 12.2. The molecule has 4 saturated carbocycles. The fourth-order valence-corrected chi connectivity index (χ4v) is 6.07. The lowest BCUT2D eigenvalue weighted by atomic mass is 9.49. The van der Waals surface area contributed by atoms with Crippen LogP contribution in [0.25, 0.3) is 0 Å². The highest BCUT2D eigenvalue weighted by atomic mass is 79.9. The van der Waals surface area contributed by atoms with Crippen molar-refractivity contribution in [2.75, 3.05) is 7.11 Å². The van der Waals surface area contributed by atoms with Gasteiger partial charge in [-0.05, 0) is 50.4 Å². The van der Waals surface area contributed by atoms with Crippen LogP contribution in [0.3, 0.4) is 0 Å². The van der Waals surface area contributed by atoms with Gasteiger partial charge in [0.25, 0.3) is 0 Å². The highest BCUT2D eigenvalue weighted by Gasteiger charge is 2.59. The maximum Gasteiger partial charge on any atom is 0.249 e. The number of amides is 1. The molecule has 0 saturated heterocycles. The minimum atomic E-state index is -0.149. The molecule has 4 heteroatoms. The van der Waals surface area contributed by atoms with Crippen LogP contribution in [0.4, 0.5) is 0 Å². The Morgan fingerprint density at radius 1 is 1.31 bits per heavy atom. The Hall–Kier alpha value is -0.0900. The molecule has 3 nitrogen and oxygen atoms in total. The van der Waals surface area contributed by atoms with Gasteiger partial charge in [0.15, 0.2) is 0 Å². The third-order valence-corrected chi connectivity index (χ3v) is 5.59. The standard InChI is InChI=1S/C12H18BrNO2/c1-16-14-10(15)11-3-8-2-9(4-11)6-12(13,5-8)7-11/h8-9H,2-7H2,1H3,(H,14,15). The zero-order valence-corrected chi connectivity index (χ0v) is 11.2. The summed E-state index contributed by atoms with van der Waals surface area (Å²) < 4.78 is 0.238. The average molecular weight is 288 g/mol. The second-order valence-corrected chi connectivity index (χ2v) is 7.71. The van der Waals surface area contributed by atoms with Gasteiger partial charge in [0, 0.05) is 4.32 Å². The van der Waals surface area contributed by atoms with Gasteiger partial charge in [-0.15, -0.1) is 0 Å². The van der Waals surface area contributed by atoms with Gasteiger partial charge in [0.1, 0.15) is 0 Å². The van der Waals surface area contributed by atoms with E-state index >= 15 is 0 Å². The number of alkyl halides is 1. The zero-order chi connectivity index (χ0) is 11.4. The normalized spacial score (nSPS) is 49.4.